The minimum atomic E-state index is -0.643. The van der Waals surface area contributed by atoms with E-state index in [1.165, 1.54) is 32.4 Å². The maximum atomic E-state index is 12.5. The molecule has 0 atom stereocenters. The highest BCUT2D eigenvalue weighted by Gasteiger charge is 2.34. The van der Waals surface area contributed by atoms with Gasteiger partial charge in [-0.1, -0.05) is 17.7 Å². The number of ether oxygens (including phenoxy) is 2. The molecular formula is C18H15ClN2O6. The second-order valence-corrected chi connectivity index (χ2v) is 5.94. The summed E-state index contributed by atoms with van der Waals surface area (Å²) in [5.74, 6) is -0.407. The van der Waals surface area contributed by atoms with Gasteiger partial charge in [-0.15, -0.1) is 0 Å². The first kappa shape index (κ1) is 18.5. The molecule has 140 valence electrons. The van der Waals surface area contributed by atoms with Crippen molar-refractivity contribution in [1.29, 1.82) is 0 Å². The first-order chi connectivity index (χ1) is 12.9. The van der Waals surface area contributed by atoms with Crippen molar-refractivity contribution in [3.8, 4) is 5.75 Å². The zero-order valence-corrected chi connectivity index (χ0v) is 15.2. The van der Waals surface area contributed by atoms with Crippen molar-refractivity contribution in [3.63, 3.8) is 0 Å². The Hall–Kier alpha value is -3.26. The Morgan fingerprint density at radius 1 is 1.26 bits per heavy atom. The molecule has 0 saturated carbocycles. The van der Waals surface area contributed by atoms with Crippen molar-refractivity contribution < 1.29 is 28.3 Å². The van der Waals surface area contributed by atoms with Crippen LogP contribution in [0.3, 0.4) is 0 Å². The number of esters is 1. The molecule has 1 fully saturated rings. The lowest BCUT2D eigenvalue weighted by atomic mass is 10.2. The predicted octanol–water partition coefficient (Wildman–Crippen LogP) is 2.82. The summed E-state index contributed by atoms with van der Waals surface area (Å²) >= 11 is 6.07. The first-order valence-corrected chi connectivity index (χ1v) is 8.16. The van der Waals surface area contributed by atoms with Gasteiger partial charge in [-0.2, -0.15) is 0 Å². The Morgan fingerprint density at radius 2 is 2.04 bits per heavy atom. The average Bonchev–Trinajstić information content (AvgIpc) is 3.22. The van der Waals surface area contributed by atoms with Gasteiger partial charge in [-0.25, -0.2) is 9.59 Å². The second kappa shape index (κ2) is 7.55. The van der Waals surface area contributed by atoms with E-state index in [0.717, 1.165) is 4.90 Å². The Labute approximate surface area is 159 Å². The van der Waals surface area contributed by atoms with E-state index in [9.17, 15) is 14.4 Å². The molecule has 0 bridgehead atoms. The van der Waals surface area contributed by atoms with E-state index in [1.54, 1.807) is 18.2 Å². The van der Waals surface area contributed by atoms with Crippen LogP contribution in [0.5, 0.6) is 5.75 Å². The SMILES string of the molecule is COC(=O)c1ccc(CN2C(=O)N/C(=C\c3ccc(OC)c(Cl)c3)C2=O)o1. The maximum Gasteiger partial charge on any atom is 0.373 e. The minimum Gasteiger partial charge on any atom is -0.495 e. The number of hydrogen-bond acceptors (Lipinski definition) is 6. The molecule has 0 unspecified atom stereocenters. The monoisotopic (exact) mass is 390 g/mol. The minimum absolute atomic E-state index is 0.0109. The average molecular weight is 391 g/mol. The number of carbonyl (C=O) groups excluding carboxylic acids is 3. The van der Waals surface area contributed by atoms with Crippen LogP contribution < -0.4 is 10.1 Å². The fourth-order valence-electron chi connectivity index (χ4n) is 2.48. The van der Waals surface area contributed by atoms with E-state index in [4.69, 9.17) is 20.8 Å². The van der Waals surface area contributed by atoms with Crippen LogP contribution in [-0.2, 0) is 16.1 Å². The fraction of sp³-hybridized carbons (Fsp3) is 0.167. The Morgan fingerprint density at radius 3 is 2.70 bits per heavy atom. The smallest absolute Gasteiger partial charge is 0.373 e. The van der Waals surface area contributed by atoms with Crippen molar-refractivity contribution in [3.05, 3.63) is 58.1 Å². The Balaban J connectivity index is 1.77. The molecule has 9 heteroatoms. The third kappa shape index (κ3) is 3.80. The number of halogens is 1. The molecule has 3 rings (SSSR count). The highest BCUT2D eigenvalue weighted by atomic mass is 35.5. The molecule has 0 aliphatic carbocycles. The third-order valence-corrected chi connectivity index (χ3v) is 4.11. The summed E-state index contributed by atoms with van der Waals surface area (Å²) in [4.78, 5) is 37.0. The molecule has 1 aromatic heterocycles. The first-order valence-electron chi connectivity index (χ1n) is 7.78. The zero-order chi connectivity index (χ0) is 19.6. The van der Waals surface area contributed by atoms with Crippen molar-refractivity contribution >= 4 is 35.6 Å². The summed E-state index contributed by atoms with van der Waals surface area (Å²) in [5.41, 5.74) is 0.721. The van der Waals surface area contributed by atoms with Gasteiger partial charge in [0.1, 0.15) is 17.2 Å². The largest absolute Gasteiger partial charge is 0.495 e. The number of imide groups is 1. The van der Waals surface area contributed by atoms with E-state index in [2.05, 4.69) is 10.1 Å². The number of hydrogen-bond donors (Lipinski definition) is 1. The topological polar surface area (TPSA) is 98.1 Å². The predicted molar refractivity (Wildman–Crippen MR) is 95.1 cm³/mol. The molecule has 1 aliphatic heterocycles. The molecule has 1 aromatic carbocycles. The van der Waals surface area contributed by atoms with Crippen molar-refractivity contribution in [2.45, 2.75) is 6.54 Å². The summed E-state index contributed by atoms with van der Waals surface area (Å²) in [6.07, 6.45) is 1.51. The molecule has 1 N–H and O–H groups in total. The Bertz CT molecular complexity index is 949. The number of methoxy groups -OCH3 is 2. The summed E-state index contributed by atoms with van der Waals surface area (Å²) in [5, 5.41) is 2.88. The van der Waals surface area contributed by atoms with Crippen molar-refractivity contribution in [2.75, 3.05) is 14.2 Å². The number of benzene rings is 1. The van der Waals surface area contributed by atoms with Gasteiger partial charge in [0, 0.05) is 0 Å². The van der Waals surface area contributed by atoms with E-state index in [1.807, 2.05) is 0 Å². The van der Waals surface area contributed by atoms with Gasteiger partial charge in [-0.05, 0) is 35.9 Å². The molecule has 0 radical (unpaired) electrons. The standard InChI is InChI=1S/C18H15ClN2O6/c1-25-14-5-3-10(7-12(14)19)8-13-16(22)21(18(24)20-13)9-11-4-6-15(27-11)17(23)26-2/h3-8H,9H2,1-2H3,(H,20,24)/b13-8-. The number of nitrogens with zero attached hydrogens (tertiary/aromatic N) is 1. The van der Waals surface area contributed by atoms with E-state index >= 15 is 0 Å². The Kier molecular flexibility index (Phi) is 5.18. The molecule has 1 saturated heterocycles. The lowest BCUT2D eigenvalue weighted by Crippen LogP contribution is -2.30. The summed E-state index contributed by atoms with van der Waals surface area (Å²) in [7, 11) is 2.72. The number of nitrogens with one attached hydrogen (secondary N) is 1. The quantitative estimate of drug-likeness (QED) is 0.479. The van der Waals surface area contributed by atoms with Crippen molar-refractivity contribution in [2.24, 2.45) is 0 Å². The van der Waals surface area contributed by atoms with Crippen LogP contribution in [0.1, 0.15) is 21.9 Å². The molecule has 2 aromatic rings. The lowest BCUT2D eigenvalue weighted by Gasteiger charge is -2.09. The van der Waals surface area contributed by atoms with Crippen LogP contribution in [0.2, 0.25) is 5.02 Å². The van der Waals surface area contributed by atoms with Gasteiger partial charge < -0.3 is 19.2 Å². The summed E-state index contributed by atoms with van der Waals surface area (Å²) < 4.78 is 14.9. The van der Waals surface area contributed by atoms with Crippen LogP contribution in [0, 0.1) is 0 Å². The normalized spacial score (nSPS) is 15.2. The van der Waals surface area contributed by atoms with Crippen molar-refractivity contribution in [1.82, 2.24) is 10.2 Å². The number of rotatable bonds is 5. The van der Waals surface area contributed by atoms with Gasteiger partial charge in [-0.3, -0.25) is 9.69 Å². The summed E-state index contributed by atoms with van der Waals surface area (Å²) in [6, 6.07) is 7.29. The van der Waals surface area contributed by atoms with E-state index < -0.39 is 17.9 Å². The van der Waals surface area contributed by atoms with Gasteiger partial charge in [0.25, 0.3) is 5.91 Å². The highest BCUT2D eigenvalue weighted by molar-refractivity contribution is 6.32. The molecule has 8 nitrogen and oxygen atoms in total. The third-order valence-electron chi connectivity index (χ3n) is 3.81. The van der Waals surface area contributed by atoms with Crippen LogP contribution >= 0.6 is 11.6 Å². The van der Waals surface area contributed by atoms with Crippen LogP contribution in [-0.4, -0.2) is 37.0 Å². The maximum absolute atomic E-state index is 12.5. The molecule has 3 amide bonds. The molecule has 0 spiro atoms. The molecule has 2 heterocycles. The van der Waals surface area contributed by atoms with Gasteiger partial charge >= 0.3 is 12.0 Å². The van der Waals surface area contributed by atoms with Gasteiger partial charge in [0.05, 0.1) is 25.8 Å². The van der Waals surface area contributed by atoms with E-state index in [-0.39, 0.29) is 23.8 Å². The van der Waals surface area contributed by atoms with E-state index in [0.29, 0.717) is 16.3 Å². The zero-order valence-electron chi connectivity index (χ0n) is 14.4. The van der Waals surface area contributed by atoms with Gasteiger partial charge in [0.2, 0.25) is 5.76 Å². The molecular weight excluding hydrogens is 376 g/mol. The number of amides is 3. The molecule has 27 heavy (non-hydrogen) atoms. The number of furan rings is 1. The fourth-order valence-corrected chi connectivity index (χ4v) is 2.75. The van der Waals surface area contributed by atoms with Crippen LogP contribution in [0.25, 0.3) is 6.08 Å². The highest BCUT2D eigenvalue weighted by Crippen LogP contribution is 2.26. The van der Waals surface area contributed by atoms with Gasteiger partial charge in [0.15, 0.2) is 0 Å². The van der Waals surface area contributed by atoms with Crippen LogP contribution in [0.15, 0.2) is 40.4 Å². The molecule has 1 aliphatic rings. The lowest BCUT2D eigenvalue weighted by molar-refractivity contribution is -0.123. The summed E-state index contributed by atoms with van der Waals surface area (Å²) in [6.45, 7) is -0.123. The number of carbonyl (C=O) groups is 3. The van der Waals surface area contributed by atoms with Crippen LogP contribution in [0.4, 0.5) is 4.79 Å². The second-order valence-electron chi connectivity index (χ2n) is 5.53. The number of urea groups is 1.